The zero-order chi connectivity index (χ0) is 41.1. The monoisotopic (exact) mass is 774 g/mol. The Labute approximate surface area is 352 Å². The summed E-state index contributed by atoms with van der Waals surface area (Å²) in [5, 5.41) is 0. The molecule has 4 aliphatic carbocycles. The van der Waals surface area contributed by atoms with Crippen LogP contribution >= 0.6 is 0 Å². The number of pyridine rings is 4. The molecule has 4 nitrogen and oxygen atoms in total. The van der Waals surface area contributed by atoms with Crippen LogP contribution in [0.15, 0.2) is 133 Å². The first-order valence-electron chi connectivity index (χ1n) is 21.3. The van der Waals surface area contributed by atoms with Crippen molar-refractivity contribution in [1.82, 2.24) is 19.9 Å². The molecule has 0 saturated heterocycles. The van der Waals surface area contributed by atoms with E-state index in [0.29, 0.717) is 0 Å². The van der Waals surface area contributed by atoms with Crippen LogP contribution in [0.4, 0.5) is 0 Å². The first-order chi connectivity index (χ1) is 28.7. The van der Waals surface area contributed by atoms with Crippen molar-refractivity contribution in [3.8, 4) is 78.9 Å². The van der Waals surface area contributed by atoms with Crippen LogP contribution in [0.2, 0.25) is 0 Å². The number of benzene rings is 4. The Balaban J connectivity index is 0.933. The lowest BCUT2D eigenvalue weighted by Crippen LogP contribution is -2.15. The Bertz CT molecular complexity index is 3000. The highest BCUT2D eigenvalue weighted by atomic mass is 14.8. The smallest absolute Gasteiger partial charge is 0.0894 e. The van der Waals surface area contributed by atoms with Crippen molar-refractivity contribution in [1.29, 1.82) is 0 Å². The molecule has 4 aliphatic rings. The lowest BCUT2D eigenvalue weighted by atomic mass is 9.81. The van der Waals surface area contributed by atoms with Crippen LogP contribution < -0.4 is 0 Å². The van der Waals surface area contributed by atoms with Crippen LogP contribution in [0.5, 0.6) is 0 Å². The highest BCUT2D eigenvalue weighted by molar-refractivity contribution is 5.88. The van der Waals surface area contributed by atoms with E-state index in [1.807, 2.05) is 0 Å². The van der Waals surface area contributed by atoms with Gasteiger partial charge in [-0.2, -0.15) is 0 Å². The SMILES string of the molecule is CC1(C)c2ccccc2-c2nc(-c3ccc4c(n3)-c3cc(-c5ccc6c(c5)-c5nc(-c7ccc8c(n7)-c7ccccc7C8(C)C)ccc5C6(C)C)ccc3C4(C)C)ccc21. The predicted molar refractivity (Wildman–Crippen MR) is 244 cm³/mol. The zero-order valence-electron chi connectivity index (χ0n) is 35.5. The fourth-order valence-electron chi connectivity index (χ4n) is 11.2. The van der Waals surface area contributed by atoms with Gasteiger partial charge in [-0.05, 0) is 92.0 Å². The van der Waals surface area contributed by atoms with E-state index in [9.17, 15) is 0 Å². The lowest BCUT2D eigenvalue weighted by molar-refractivity contribution is 0.658. The molecule has 0 fully saturated rings. The van der Waals surface area contributed by atoms with Crippen LogP contribution in [0.3, 0.4) is 0 Å². The number of rotatable bonds is 3. The minimum absolute atomic E-state index is 0.0831. The average Bonchev–Trinajstić information content (AvgIpc) is 3.82. The highest BCUT2D eigenvalue weighted by Crippen LogP contribution is 2.53. The van der Waals surface area contributed by atoms with Crippen molar-refractivity contribution in [2.75, 3.05) is 0 Å². The third-order valence-electron chi connectivity index (χ3n) is 14.7. The summed E-state index contributed by atoms with van der Waals surface area (Å²) in [6, 6.07) is 49.0. The average molecular weight is 775 g/mol. The largest absolute Gasteiger partial charge is 0.246 e. The number of aromatic nitrogens is 4. The molecule has 0 spiro atoms. The van der Waals surface area contributed by atoms with Crippen LogP contribution in [0.25, 0.3) is 78.9 Å². The Morgan fingerprint density at radius 1 is 0.267 bits per heavy atom. The second kappa shape index (κ2) is 11.6. The molecule has 0 atom stereocenters. The fraction of sp³-hybridized carbons (Fsp3) is 0.214. The Morgan fingerprint density at radius 2 is 0.533 bits per heavy atom. The summed E-state index contributed by atoms with van der Waals surface area (Å²) in [4.78, 5) is 21.4. The molecule has 60 heavy (non-hydrogen) atoms. The molecule has 290 valence electrons. The molecular formula is C56H46N4. The molecule has 4 aromatic carbocycles. The minimum atomic E-state index is -0.173. The van der Waals surface area contributed by atoms with E-state index < -0.39 is 0 Å². The van der Waals surface area contributed by atoms with Gasteiger partial charge >= 0.3 is 0 Å². The number of fused-ring (bicyclic) bond motifs is 12. The van der Waals surface area contributed by atoms with Crippen molar-refractivity contribution in [2.45, 2.75) is 77.0 Å². The Morgan fingerprint density at radius 3 is 0.867 bits per heavy atom. The Hall–Kier alpha value is -6.52. The van der Waals surface area contributed by atoms with E-state index in [1.165, 1.54) is 77.9 Å². The number of hydrogen-bond acceptors (Lipinski definition) is 4. The fourth-order valence-corrected chi connectivity index (χ4v) is 11.2. The third-order valence-corrected chi connectivity index (χ3v) is 14.7. The summed E-state index contributed by atoms with van der Waals surface area (Å²) >= 11 is 0. The maximum atomic E-state index is 5.42. The topological polar surface area (TPSA) is 51.6 Å². The second-order valence-corrected chi connectivity index (χ2v) is 19.5. The summed E-state index contributed by atoms with van der Waals surface area (Å²) in [5.74, 6) is 0. The molecule has 12 rings (SSSR count). The maximum Gasteiger partial charge on any atom is 0.0894 e. The summed E-state index contributed by atoms with van der Waals surface area (Å²) in [5.41, 5.74) is 24.8. The van der Waals surface area contributed by atoms with Crippen molar-refractivity contribution < 1.29 is 0 Å². The molecule has 0 bridgehead atoms. The standard InChI is InChI=1S/C56H46N4/c1-53(2)37-15-11-9-13-33(37)49-41(53)21-25-45(57-49)47-27-23-43-51(59-47)35-29-31(17-19-39(35)55(43,5)6)32-18-20-40-36(30-32)52-44(56(40,7)8)24-28-48(60-52)46-26-22-42-50(58-46)34-14-10-12-16-38(34)54(42,3)4/h9-30H,1-8H3. The molecular weight excluding hydrogens is 729 g/mol. The van der Waals surface area contributed by atoms with E-state index in [0.717, 1.165) is 45.6 Å². The van der Waals surface area contributed by atoms with Crippen LogP contribution in [-0.4, -0.2) is 19.9 Å². The molecule has 4 heterocycles. The van der Waals surface area contributed by atoms with E-state index in [-0.39, 0.29) is 21.7 Å². The molecule has 0 N–H and O–H groups in total. The molecule has 0 radical (unpaired) electrons. The lowest BCUT2D eigenvalue weighted by Gasteiger charge is -2.22. The molecule has 8 aromatic rings. The van der Waals surface area contributed by atoms with Crippen LogP contribution in [-0.2, 0) is 21.7 Å². The summed E-state index contributed by atoms with van der Waals surface area (Å²) in [6.45, 7) is 18.5. The van der Waals surface area contributed by atoms with Crippen molar-refractivity contribution in [3.63, 3.8) is 0 Å². The first kappa shape index (κ1) is 35.4. The molecule has 4 aromatic heterocycles. The summed E-state index contributed by atoms with van der Waals surface area (Å²) in [6.07, 6.45) is 0. The first-order valence-corrected chi connectivity index (χ1v) is 21.3. The summed E-state index contributed by atoms with van der Waals surface area (Å²) in [7, 11) is 0. The Kier molecular flexibility index (Phi) is 6.85. The van der Waals surface area contributed by atoms with Crippen molar-refractivity contribution >= 4 is 0 Å². The van der Waals surface area contributed by atoms with Crippen LogP contribution in [0, 0.1) is 0 Å². The van der Waals surface area contributed by atoms with Gasteiger partial charge < -0.3 is 0 Å². The molecule has 0 unspecified atom stereocenters. The maximum absolute atomic E-state index is 5.42. The van der Waals surface area contributed by atoms with Gasteiger partial charge in [-0.1, -0.05) is 152 Å². The van der Waals surface area contributed by atoms with Gasteiger partial charge in [-0.15, -0.1) is 0 Å². The van der Waals surface area contributed by atoms with Gasteiger partial charge in [-0.3, -0.25) is 0 Å². The van der Waals surface area contributed by atoms with E-state index in [4.69, 9.17) is 19.9 Å². The van der Waals surface area contributed by atoms with Gasteiger partial charge in [0.1, 0.15) is 0 Å². The predicted octanol–water partition coefficient (Wildman–Crippen LogP) is 13.5. The quantitative estimate of drug-likeness (QED) is 0.179. The van der Waals surface area contributed by atoms with Gasteiger partial charge in [0.15, 0.2) is 0 Å². The van der Waals surface area contributed by atoms with Crippen molar-refractivity contribution in [3.05, 3.63) is 178 Å². The van der Waals surface area contributed by atoms with Crippen molar-refractivity contribution in [2.24, 2.45) is 0 Å². The highest BCUT2D eigenvalue weighted by Gasteiger charge is 2.41. The molecule has 0 amide bonds. The molecule has 0 saturated carbocycles. The normalized spacial score (nSPS) is 16.9. The number of hydrogen-bond donors (Lipinski definition) is 0. The van der Waals surface area contributed by atoms with Gasteiger partial charge in [-0.25, -0.2) is 19.9 Å². The van der Waals surface area contributed by atoms with E-state index in [2.05, 4.69) is 189 Å². The van der Waals surface area contributed by atoms with E-state index >= 15 is 0 Å². The minimum Gasteiger partial charge on any atom is -0.246 e. The third kappa shape index (κ3) is 4.57. The van der Waals surface area contributed by atoms with Gasteiger partial charge in [0.2, 0.25) is 0 Å². The van der Waals surface area contributed by atoms with Crippen LogP contribution in [0.1, 0.15) is 99.9 Å². The van der Waals surface area contributed by atoms with Gasteiger partial charge in [0.25, 0.3) is 0 Å². The molecule has 4 heteroatoms. The van der Waals surface area contributed by atoms with Gasteiger partial charge in [0, 0.05) is 43.9 Å². The molecule has 0 aliphatic heterocycles. The zero-order valence-corrected chi connectivity index (χ0v) is 35.5. The van der Waals surface area contributed by atoms with Gasteiger partial charge in [0.05, 0.1) is 45.6 Å². The summed E-state index contributed by atoms with van der Waals surface area (Å²) < 4.78 is 0. The number of nitrogens with zero attached hydrogens (tertiary/aromatic N) is 4. The van der Waals surface area contributed by atoms with E-state index in [1.54, 1.807) is 0 Å². The second-order valence-electron chi connectivity index (χ2n) is 19.5.